The molecule has 0 heterocycles. The number of esters is 1. The Labute approximate surface area is 245 Å². The van der Waals surface area contributed by atoms with E-state index in [2.05, 4.69) is 10.6 Å². The Morgan fingerprint density at radius 1 is 0.690 bits per heavy atom. The molecule has 0 radical (unpaired) electrons. The van der Waals surface area contributed by atoms with Crippen LogP contribution >= 0.6 is 0 Å². The molecule has 1 amide bonds. The van der Waals surface area contributed by atoms with E-state index < -0.39 is 12.1 Å². The number of nitrogens with one attached hydrogen (secondary N) is 2. The zero-order valence-corrected chi connectivity index (χ0v) is 23.3. The number of hydrogen-bond donors (Lipinski definition) is 2. The van der Waals surface area contributed by atoms with Crippen molar-refractivity contribution in [3.8, 4) is 5.75 Å². The molecular formula is C36H32N2O4. The van der Waals surface area contributed by atoms with E-state index in [-0.39, 0.29) is 11.9 Å². The van der Waals surface area contributed by atoms with Crippen molar-refractivity contribution in [3.05, 3.63) is 162 Å². The molecule has 0 aliphatic carbocycles. The Balaban J connectivity index is 1.40. The van der Waals surface area contributed by atoms with Crippen molar-refractivity contribution < 1.29 is 19.1 Å². The molecule has 0 saturated carbocycles. The van der Waals surface area contributed by atoms with Gasteiger partial charge in [-0.1, -0.05) is 97.1 Å². The fraction of sp³-hybridized carbons (Fsp3) is 0.111. The van der Waals surface area contributed by atoms with Gasteiger partial charge in [-0.2, -0.15) is 0 Å². The molecule has 5 aromatic carbocycles. The van der Waals surface area contributed by atoms with Crippen molar-refractivity contribution in [1.82, 2.24) is 0 Å². The van der Waals surface area contributed by atoms with Crippen molar-refractivity contribution in [2.75, 3.05) is 10.6 Å². The summed E-state index contributed by atoms with van der Waals surface area (Å²) < 4.78 is 12.3. The number of hydrogen-bond acceptors (Lipinski definition) is 5. The molecule has 0 aliphatic heterocycles. The van der Waals surface area contributed by atoms with Gasteiger partial charge in [0.2, 0.25) is 0 Å². The van der Waals surface area contributed by atoms with Crippen molar-refractivity contribution >= 4 is 23.3 Å². The molecule has 0 aliphatic rings. The molecule has 0 fully saturated rings. The standard InChI is InChI=1S/C36H32N2O4/c1-26(34(28-16-8-3-9-17-28)42-36(40)30-20-12-5-13-21-30)37-32-23-22-31(38-35(39)29-18-10-4-11-19-29)24-33(32)41-25-27-14-6-2-7-15-27/h2-24,26,34,37H,25H2,1H3,(H,38,39)/t26-,34+/m1/s1. The molecule has 0 saturated heterocycles. The number of amides is 1. The first-order valence-electron chi connectivity index (χ1n) is 13.8. The second kappa shape index (κ2) is 13.8. The van der Waals surface area contributed by atoms with Crippen LogP contribution in [0.5, 0.6) is 5.75 Å². The second-order valence-corrected chi connectivity index (χ2v) is 9.84. The first-order chi connectivity index (χ1) is 20.6. The predicted octanol–water partition coefficient (Wildman–Crippen LogP) is 7.92. The number of carbonyl (C=O) groups excluding carboxylic acids is 2. The lowest BCUT2D eigenvalue weighted by atomic mass is 10.0. The first-order valence-corrected chi connectivity index (χ1v) is 13.8. The zero-order chi connectivity index (χ0) is 29.1. The Kier molecular flexibility index (Phi) is 9.27. The predicted molar refractivity (Wildman–Crippen MR) is 166 cm³/mol. The maximum atomic E-state index is 13.1. The summed E-state index contributed by atoms with van der Waals surface area (Å²) in [5.74, 6) is -0.0639. The highest BCUT2D eigenvalue weighted by atomic mass is 16.5. The number of ether oxygens (including phenoxy) is 2. The molecule has 5 aromatic rings. The van der Waals surface area contributed by atoms with Gasteiger partial charge in [0.25, 0.3) is 5.91 Å². The zero-order valence-electron chi connectivity index (χ0n) is 23.3. The third-order valence-corrected chi connectivity index (χ3v) is 6.72. The SMILES string of the molecule is C[C@@H](Nc1ccc(NC(=O)c2ccccc2)cc1OCc1ccccc1)[C@H](OC(=O)c1ccccc1)c1ccccc1. The highest BCUT2D eigenvalue weighted by Gasteiger charge is 2.25. The summed E-state index contributed by atoms with van der Waals surface area (Å²) in [6.45, 7) is 2.30. The molecule has 5 rings (SSSR count). The minimum atomic E-state index is -0.585. The van der Waals surface area contributed by atoms with Crippen LogP contribution in [-0.4, -0.2) is 17.9 Å². The molecule has 6 heteroatoms. The Bertz CT molecular complexity index is 1590. The highest BCUT2D eigenvalue weighted by Crippen LogP contribution is 2.33. The fourth-order valence-corrected chi connectivity index (χ4v) is 4.55. The Hall–Kier alpha value is -5.36. The molecule has 2 N–H and O–H groups in total. The van der Waals surface area contributed by atoms with Gasteiger partial charge in [0, 0.05) is 17.3 Å². The molecule has 0 spiro atoms. The van der Waals surface area contributed by atoms with Crippen molar-refractivity contribution in [2.24, 2.45) is 0 Å². The van der Waals surface area contributed by atoms with Crippen molar-refractivity contribution in [1.29, 1.82) is 0 Å². The largest absolute Gasteiger partial charge is 0.487 e. The van der Waals surface area contributed by atoms with Gasteiger partial charge in [0.1, 0.15) is 18.5 Å². The maximum Gasteiger partial charge on any atom is 0.338 e. The van der Waals surface area contributed by atoms with Crippen LogP contribution in [0.2, 0.25) is 0 Å². The average molecular weight is 557 g/mol. The number of carbonyl (C=O) groups is 2. The van der Waals surface area contributed by atoms with Crippen LogP contribution in [-0.2, 0) is 11.3 Å². The van der Waals surface area contributed by atoms with E-state index in [1.54, 1.807) is 30.3 Å². The Morgan fingerprint density at radius 2 is 1.26 bits per heavy atom. The van der Waals surface area contributed by atoms with E-state index in [1.807, 2.05) is 116 Å². The summed E-state index contributed by atoms with van der Waals surface area (Å²) in [5.41, 5.74) is 4.21. The third kappa shape index (κ3) is 7.43. The number of anilines is 2. The summed E-state index contributed by atoms with van der Waals surface area (Å²) in [6.07, 6.45) is -0.585. The summed E-state index contributed by atoms with van der Waals surface area (Å²) in [4.78, 5) is 25.9. The van der Waals surface area contributed by atoms with Crippen LogP contribution < -0.4 is 15.4 Å². The highest BCUT2D eigenvalue weighted by molar-refractivity contribution is 6.04. The molecular weight excluding hydrogens is 524 g/mol. The minimum absolute atomic E-state index is 0.212. The van der Waals surface area contributed by atoms with Crippen molar-refractivity contribution in [2.45, 2.75) is 25.7 Å². The lowest BCUT2D eigenvalue weighted by Crippen LogP contribution is -2.28. The van der Waals surface area contributed by atoms with Crippen LogP contribution in [0.4, 0.5) is 11.4 Å². The normalized spacial score (nSPS) is 12.0. The molecule has 6 nitrogen and oxygen atoms in total. The summed E-state index contributed by atoms with van der Waals surface area (Å²) in [6, 6.07) is 42.7. The summed E-state index contributed by atoms with van der Waals surface area (Å²) in [5, 5.41) is 6.45. The Morgan fingerprint density at radius 3 is 1.90 bits per heavy atom. The van der Waals surface area contributed by atoms with Crippen LogP contribution in [0.25, 0.3) is 0 Å². The smallest absolute Gasteiger partial charge is 0.338 e. The molecule has 210 valence electrons. The van der Waals surface area contributed by atoms with E-state index >= 15 is 0 Å². The van der Waals surface area contributed by atoms with E-state index in [9.17, 15) is 9.59 Å². The maximum absolute atomic E-state index is 13.1. The van der Waals surface area contributed by atoms with Crippen LogP contribution in [0.1, 0.15) is 44.9 Å². The second-order valence-electron chi connectivity index (χ2n) is 9.84. The summed E-state index contributed by atoms with van der Waals surface area (Å²) in [7, 11) is 0. The van der Waals surface area contributed by atoms with E-state index in [4.69, 9.17) is 9.47 Å². The van der Waals surface area contributed by atoms with Crippen LogP contribution in [0.15, 0.2) is 140 Å². The van der Waals surface area contributed by atoms with Gasteiger partial charge in [-0.15, -0.1) is 0 Å². The lowest BCUT2D eigenvalue weighted by Gasteiger charge is -2.27. The minimum Gasteiger partial charge on any atom is -0.487 e. The van der Waals surface area contributed by atoms with Crippen LogP contribution in [0.3, 0.4) is 0 Å². The van der Waals surface area contributed by atoms with Crippen LogP contribution in [0, 0.1) is 0 Å². The van der Waals surface area contributed by atoms with E-state index in [0.717, 1.165) is 11.1 Å². The van der Waals surface area contributed by atoms with Gasteiger partial charge in [-0.3, -0.25) is 4.79 Å². The van der Waals surface area contributed by atoms with Gasteiger partial charge < -0.3 is 20.1 Å². The van der Waals surface area contributed by atoms with E-state index in [0.29, 0.717) is 34.9 Å². The molecule has 0 bridgehead atoms. The van der Waals surface area contributed by atoms with Gasteiger partial charge >= 0.3 is 5.97 Å². The average Bonchev–Trinajstić information content (AvgIpc) is 3.05. The third-order valence-electron chi connectivity index (χ3n) is 6.72. The van der Waals surface area contributed by atoms with Gasteiger partial charge in [0.15, 0.2) is 0 Å². The first kappa shape index (κ1) is 28.2. The fourth-order valence-electron chi connectivity index (χ4n) is 4.55. The monoisotopic (exact) mass is 556 g/mol. The number of benzene rings is 5. The molecule has 0 aromatic heterocycles. The van der Waals surface area contributed by atoms with Crippen molar-refractivity contribution in [3.63, 3.8) is 0 Å². The lowest BCUT2D eigenvalue weighted by molar-refractivity contribution is 0.0262. The number of rotatable bonds is 11. The van der Waals surface area contributed by atoms with E-state index in [1.165, 1.54) is 0 Å². The molecule has 2 atom stereocenters. The summed E-state index contributed by atoms with van der Waals surface area (Å²) >= 11 is 0. The quantitative estimate of drug-likeness (QED) is 0.162. The van der Waals surface area contributed by atoms with Gasteiger partial charge in [-0.25, -0.2) is 4.79 Å². The van der Waals surface area contributed by atoms with Gasteiger partial charge in [-0.05, 0) is 54.4 Å². The molecule has 0 unspecified atom stereocenters. The molecule has 42 heavy (non-hydrogen) atoms. The topological polar surface area (TPSA) is 76.7 Å². The van der Waals surface area contributed by atoms with Gasteiger partial charge in [0.05, 0.1) is 17.3 Å².